The minimum absolute atomic E-state index is 0.00151. The first-order chi connectivity index (χ1) is 70.7. The Hall–Kier alpha value is -13.9. The highest BCUT2D eigenvalue weighted by Gasteiger charge is 2.44. The van der Waals surface area contributed by atoms with Crippen molar-refractivity contribution in [3.05, 3.63) is 144 Å². The number of carbonyl (C=O) groups is 17. The standard InChI is InChI=1S/C108H155N23O17S/c1-55(2)41-77(119-94(134)63(17)117-88(133)53-116-104(144)89(109)59(9)10)97(137)118-64(18)95(135)128-91(61(13)14)106(146)130-92(62(15)16)107(147)129-90(60(11)12)105(145)126-84(48-68-52-115-76-36-26-22-32-72(68)76)103(143)122-80(44-58(7)8)100(140)125-83(47-67-51-114-75-35-25-21-31-71(67)75)102(142)121-79(43-57(5)6)99(139)124-82(46-66-50-113-74-34-24-20-30-70(66)74)101(141)120-78(42-56(3)4)98(138)123-81(45-65-49-112-73-33-23-19-29-69(65)73)96(136)111-40-39-110-87(132)38-28-27-37-86-93-85(54-149-86)127-108(148)131-93/h19-26,29-36,49-52,55-64,77-86,89-93,112-115H,27-28,37-48,53-54,109H2,1-18H3,(H,110,132)(H,111,136)(H,116,144)(H,117,133)(H,118,137)(H,119,134)(H,120,141)(H,121,142)(H,122,143)(H,123,138)(H,124,139)(H,125,140)(H,126,145)(H,128,135)(H,129,147)(H,130,146)(H2,127,131,148)/t63-,64-,77+,78+,79+,80+,81-,82-,83-,84-,85-,86-,89-,90+,91+,92-,93-/m0/s1. The van der Waals surface area contributed by atoms with Gasteiger partial charge in [-0.2, -0.15) is 11.8 Å². The van der Waals surface area contributed by atoms with Gasteiger partial charge in [-0.05, 0) is 146 Å². The summed E-state index contributed by atoms with van der Waals surface area (Å²) in [6, 6.07) is 11.2. The van der Waals surface area contributed by atoms with E-state index in [1.54, 1.807) is 86.2 Å². The number of para-hydroxylation sites is 4. The summed E-state index contributed by atoms with van der Waals surface area (Å²) in [4.78, 5) is 257. The maximum absolute atomic E-state index is 15.7. The number of amides is 18. The summed E-state index contributed by atoms with van der Waals surface area (Å²) in [7, 11) is 0. The van der Waals surface area contributed by atoms with E-state index in [2.05, 4.69) is 116 Å². The lowest BCUT2D eigenvalue weighted by Gasteiger charge is -2.31. The molecule has 10 rings (SSSR count). The van der Waals surface area contributed by atoms with Crippen molar-refractivity contribution in [2.75, 3.05) is 25.4 Å². The number of aromatic nitrogens is 4. The molecule has 24 N–H and O–H groups in total. The van der Waals surface area contributed by atoms with Crippen LogP contribution < -0.4 is 101 Å². The zero-order valence-electron chi connectivity index (χ0n) is 88.7. The molecule has 0 aliphatic carbocycles. The van der Waals surface area contributed by atoms with Crippen molar-refractivity contribution in [2.45, 2.75) is 304 Å². The van der Waals surface area contributed by atoms with Crippen molar-refractivity contribution in [1.29, 1.82) is 0 Å². The fourth-order valence-corrected chi connectivity index (χ4v) is 20.0. The molecule has 0 bridgehead atoms. The largest absolute Gasteiger partial charge is 0.361 e. The number of unbranched alkanes of at least 4 members (excludes halogenated alkanes) is 1. The van der Waals surface area contributed by atoms with E-state index in [0.29, 0.717) is 50.5 Å². The molecule has 41 heteroatoms. The normalized spacial score (nSPS) is 16.8. The highest BCUT2D eigenvalue weighted by Crippen LogP contribution is 2.34. The number of benzene rings is 4. The molecule has 810 valence electrons. The molecular formula is C108H155N23O17S. The van der Waals surface area contributed by atoms with Crippen LogP contribution in [-0.4, -0.2) is 248 Å². The van der Waals surface area contributed by atoms with E-state index >= 15 is 33.6 Å². The zero-order chi connectivity index (χ0) is 109. The lowest BCUT2D eigenvalue weighted by atomic mass is 9.97. The van der Waals surface area contributed by atoms with E-state index in [1.165, 1.54) is 13.8 Å². The lowest BCUT2D eigenvalue weighted by Crippen LogP contribution is -2.62. The van der Waals surface area contributed by atoms with Gasteiger partial charge in [-0.25, -0.2) is 4.79 Å². The Morgan fingerprint density at radius 1 is 0.322 bits per heavy atom. The minimum Gasteiger partial charge on any atom is -0.361 e. The maximum Gasteiger partial charge on any atom is 0.315 e. The van der Waals surface area contributed by atoms with Crippen molar-refractivity contribution in [3.8, 4) is 0 Å². The van der Waals surface area contributed by atoms with Crippen molar-refractivity contribution in [2.24, 2.45) is 53.1 Å². The smallest absolute Gasteiger partial charge is 0.315 e. The van der Waals surface area contributed by atoms with Crippen LogP contribution in [0, 0.1) is 47.3 Å². The molecule has 2 aliphatic rings. The summed E-state index contributed by atoms with van der Waals surface area (Å²) in [5.74, 6) is -13.7. The van der Waals surface area contributed by atoms with Crippen LogP contribution in [0.5, 0.6) is 0 Å². The molecule has 8 aromatic rings. The molecule has 6 heterocycles. The predicted molar refractivity (Wildman–Crippen MR) is 573 cm³/mol. The monoisotopic (exact) mass is 2080 g/mol. The Balaban J connectivity index is 0.839. The zero-order valence-corrected chi connectivity index (χ0v) is 89.5. The van der Waals surface area contributed by atoms with Crippen LogP contribution in [0.3, 0.4) is 0 Å². The van der Waals surface area contributed by atoms with Gasteiger partial charge in [0.15, 0.2) is 0 Å². The first kappa shape index (κ1) is 117. The van der Waals surface area contributed by atoms with E-state index in [-0.39, 0.29) is 130 Å². The number of H-pyrrole nitrogens is 4. The van der Waals surface area contributed by atoms with Crippen LogP contribution in [0.15, 0.2) is 122 Å². The minimum atomic E-state index is -1.49. The number of carbonyl (C=O) groups excluding carboxylic acids is 17. The first-order valence-electron chi connectivity index (χ1n) is 52.1. The highest BCUT2D eigenvalue weighted by molar-refractivity contribution is 8.00. The van der Waals surface area contributed by atoms with E-state index < -0.39 is 197 Å². The van der Waals surface area contributed by atoms with Gasteiger partial charge in [0.25, 0.3) is 0 Å². The summed E-state index contributed by atoms with van der Waals surface area (Å²) in [6.07, 6.45) is 9.11. The topological polar surface area (TPSA) is 596 Å². The molecular weight excluding hydrogens is 1920 g/mol. The summed E-state index contributed by atoms with van der Waals surface area (Å²) in [5, 5.41) is 54.0. The number of hydrogen-bond donors (Lipinski definition) is 23. The number of fused-ring (bicyclic) bond motifs is 5. The Kier molecular flexibility index (Phi) is 43.5. The third kappa shape index (κ3) is 34.1. The van der Waals surface area contributed by atoms with Gasteiger partial charge in [0.1, 0.15) is 78.5 Å². The molecule has 0 spiro atoms. The maximum atomic E-state index is 15.7. The van der Waals surface area contributed by atoms with Crippen LogP contribution in [0.2, 0.25) is 0 Å². The Labute approximate surface area is 874 Å². The van der Waals surface area contributed by atoms with E-state index in [1.807, 2.05) is 158 Å². The van der Waals surface area contributed by atoms with Gasteiger partial charge >= 0.3 is 6.03 Å². The second-order valence-electron chi connectivity index (χ2n) is 42.5. The van der Waals surface area contributed by atoms with Gasteiger partial charge in [0.05, 0.1) is 24.7 Å². The van der Waals surface area contributed by atoms with Crippen molar-refractivity contribution in [1.82, 2.24) is 116 Å². The molecule has 18 amide bonds. The molecule has 2 aliphatic heterocycles. The molecule has 2 saturated heterocycles. The lowest BCUT2D eigenvalue weighted by molar-refractivity contribution is -0.137. The second-order valence-corrected chi connectivity index (χ2v) is 43.7. The van der Waals surface area contributed by atoms with Crippen molar-refractivity contribution >= 4 is 156 Å². The van der Waals surface area contributed by atoms with Gasteiger partial charge in [-0.3, -0.25) is 76.7 Å². The number of nitrogens with one attached hydrogen (secondary N) is 22. The van der Waals surface area contributed by atoms with Gasteiger partial charge in [-0.15, -0.1) is 0 Å². The quantitative estimate of drug-likeness (QED) is 0.0167. The van der Waals surface area contributed by atoms with Gasteiger partial charge in [0, 0.05) is 125 Å². The first-order valence-corrected chi connectivity index (χ1v) is 53.2. The van der Waals surface area contributed by atoms with Crippen LogP contribution in [0.1, 0.15) is 198 Å². The summed E-state index contributed by atoms with van der Waals surface area (Å²) in [5.41, 5.74) is 11.3. The Morgan fingerprint density at radius 2 is 0.631 bits per heavy atom. The third-order valence-electron chi connectivity index (χ3n) is 26.8. The predicted octanol–water partition coefficient (Wildman–Crippen LogP) is 5.43. The summed E-state index contributed by atoms with van der Waals surface area (Å²) >= 11 is 1.81. The van der Waals surface area contributed by atoms with Crippen molar-refractivity contribution in [3.63, 3.8) is 0 Å². The summed E-state index contributed by atoms with van der Waals surface area (Å²) in [6.45, 7) is 30.6. The fraction of sp³-hybridized carbons (Fsp3) is 0.546. The van der Waals surface area contributed by atoms with Gasteiger partial charge in [0.2, 0.25) is 94.5 Å². The number of aromatic amines is 4. The average molecular weight is 2080 g/mol. The van der Waals surface area contributed by atoms with E-state index in [4.69, 9.17) is 5.73 Å². The highest BCUT2D eigenvalue weighted by atomic mass is 32.2. The second kappa shape index (κ2) is 55.4. The number of nitrogens with two attached hydrogens (primary N) is 1. The van der Waals surface area contributed by atoms with Crippen LogP contribution in [0.4, 0.5) is 4.79 Å². The van der Waals surface area contributed by atoms with E-state index in [0.717, 1.165) is 40.4 Å². The SMILES string of the molecule is CC(C)C[C@@H](NC(=O)[C@H](C)NC(=O)CNC(=O)[C@@H](N)C(C)C)C(=O)N[C@@H](C)C(=O)N[C@@H](C(=O)N[C@H](C(=O)N[C@@H](C(=O)N[C@@H](Cc1c[nH]c2ccccc12)C(=O)N[C@H](CC(C)C)C(=O)N[C@@H](Cc1c[nH]c2ccccc12)C(=O)N[C@H](CC(C)C)C(=O)N[C@@H](Cc1c[nH]c2ccccc12)C(=O)N[C@H](CC(C)C)C(=O)N[C@@H](Cc1c[nH]c2ccccc12)C(=O)NCCNC(=O)CCCC[C@@H]1SC[C@@H]2NC(=O)N[C@@H]21)C(C)C)C(C)C)C(C)C. The molecule has 0 unspecified atom stereocenters. The molecule has 0 saturated carbocycles. The number of thioether (sulfide) groups is 1. The van der Waals surface area contributed by atoms with Crippen LogP contribution in [-0.2, 0) is 102 Å². The third-order valence-corrected chi connectivity index (χ3v) is 28.3. The Bertz CT molecular complexity index is 6000. The molecule has 149 heavy (non-hydrogen) atoms. The average Bonchev–Trinajstić information content (AvgIpc) is 1.61. The number of hydrogen-bond acceptors (Lipinski definition) is 19. The molecule has 4 aromatic carbocycles. The Morgan fingerprint density at radius 3 is 1.00 bits per heavy atom. The molecule has 4 aromatic heterocycles. The summed E-state index contributed by atoms with van der Waals surface area (Å²) < 4.78 is 0. The van der Waals surface area contributed by atoms with Crippen molar-refractivity contribution < 1.29 is 81.5 Å². The van der Waals surface area contributed by atoms with Crippen LogP contribution >= 0.6 is 11.8 Å². The van der Waals surface area contributed by atoms with Crippen LogP contribution in [0.25, 0.3) is 43.6 Å². The fourth-order valence-electron chi connectivity index (χ4n) is 18.5. The molecule has 2 fully saturated rings. The molecule has 17 atom stereocenters. The van der Waals surface area contributed by atoms with Gasteiger partial charge < -0.3 is 121 Å². The number of urea groups is 1. The number of rotatable bonds is 57. The van der Waals surface area contributed by atoms with Gasteiger partial charge in [-0.1, -0.05) is 190 Å². The molecule has 40 nitrogen and oxygen atoms in total. The van der Waals surface area contributed by atoms with E-state index in [9.17, 15) is 47.9 Å². The molecule has 0 radical (unpaired) electrons.